The maximum atomic E-state index is 10.9. The first-order valence-corrected chi connectivity index (χ1v) is 4.40. The number of aromatic nitrogens is 1. The Morgan fingerprint density at radius 2 is 2.27 bits per heavy atom. The smallest absolute Gasteiger partial charge is 0.179 e. The lowest BCUT2D eigenvalue weighted by Crippen LogP contribution is -1.99. The van der Waals surface area contributed by atoms with Gasteiger partial charge in [-0.1, -0.05) is 11.6 Å². The van der Waals surface area contributed by atoms with Crippen molar-refractivity contribution in [1.82, 2.24) is 4.98 Å². The monoisotopic (exact) mass is 281 g/mol. The minimum Gasteiger partial charge on any atom is -0.293 e. The number of halogens is 2. The third-order valence-electron chi connectivity index (χ3n) is 1.15. The lowest BCUT2D eigenvalue weighted by Gasteiger charge is -1.97. The van der Waals surface area contributed by atoms with Gasteiger partial charge in [0.1, 0.15) is 10.8 Å². The molecule has 0 bridgehead atoms. The number of carbonyl (C=O) groups is 1. The number of nitrogens with zero attached hydrogens (tertiary/aromatic N) is 1. The molecule has 2 nitrogen and oxygen atoms in total. The Hall–Kier alpha value is -0.160. The van der Waals surface area contributed by atoms with E-state index in [1.165, 1.54) is 6.92 Å². The van der Waals surface area contributed by atoms with Crippen LogP contribution >= 0.6 is 34.2 Å². The van der Waals surface area contributed by atoms with Crippen LogP contribution in [0.5, 0.6) is 0 Å². The molecule has 0 spiro atoms. The number of Topliss-reactive ketones (excluding diaryl/α,β-unsaturated/α-hetero) is 1. The topological polar surface area (TPSA) is 30.0 Å². The van der Waals surface area contributed by atoms with Crippen LogP contribution in [0.15, 0.2) is 12.1 Å². The van der Waals surface area contributed by atoms with Crippen molar-refractivity contribution in [3.63, 3.8) is 0 Å². The van der Waals surface area contributed by atoms with Crippen molar-refractivity contribution >= 4 is 40.0 Å². The Balaban J connectivity index is 3.23. The molecule has 1 rings (SSSR count). The molecule has 0 N–H and O–H groups in total. The van der Waals surface area contributed by atoms with Gasteiger partial charge in [-0.05, 0) is 34.7 Å². The summed E-state index contributed by atoms with van der Waals surface area (Å²) in [6.07, 6.45) is 0. The van der Waals surface area contributed by atoms with Crippen molar-refractivity contribution in [3.8, 4) is 0 Å². The fourth-order valence-corrected chi connectivity index (χ4v) is 1.49. The van der Waals surface area contributed by atoms with Crippen LogP contribution in [0.25, 0.3) is 0 Å². The molecule has 1 heterocycles. The van der Waals surface area contributed by atoms with Gasteiger partial charge in [-0.25, -0.2) is 4.98 Å². The molecule has 1 aromatic rings. The van der Waals surface area contributed by atoms with E-state index in [0.29, 0.717) is 10.8 Å². The zero-order valence-electron chi connectivity index (χ0n) is 5.77. The van der Waals surface area contributed by atoms with Crippen LogP contribution < -0.4 is 0 Å². The van der Waals surface area contributed by atoms with E-state index in [-0.39, 0.29) is 5.78 Å². The Kier molecular flexibility index (Phi) is 2.84. The Morgan fingerprint density at radius 1 is 1.64 bits per heavy atom. The molecule has 0 amide bonds. The van der Waals surface area contributed by atoms with Crippen molar-refractivity contribution in [1.29, 1.82) is 0 Å². The van der Waals surface area contributed by atoms with Gasteiger partial charge in [0.15, 0.2) is 5.78 Å². The fraction of sp³-hybridized carbons (Fsp3) is 0.143. The molecule has 0 aliphatic rings. The highest BCUT2D eigenvalue weighted by molar-refractivity contribution is 14.1. The van der Waals surface area contributed by atoms with E-state index < -0.39 is 0 Å². The van der Waals surface area contributed by atoms with Crippen molar-refractivity contribution in [3.05, 3.63) is 26.5 Å². The summed E-state index contributed by atoms with van der Waals surface area (Å²) < 4.78 is 0.833. The summed E-state index contributed by atoms with van der Waals surface area (Å²) in [5, 5.41) is 0.357. The van der Waals surface area contributed by atoms with Crippen LogP contribution in [-0.2, 0) is 0 Å². The summed E-state index contributed by atoms with van der Waals surface area (Å²) in [5.41, 5.74) is 0.443. The lowest BCUT2D eigenvalue weighted by molar-refractivity contribution is 0.101. The molecule has 0 aliphatic heterocycles. The van der Waals surface area contributed by atoms with Crippen molar-refractivity contribution in [2.24, 2.45) is 0 Å². The third-order valence-corrected chi connectivity index (χ3v) is 2.23. The number of pyridine rings is 1. The van der Waals surface area contributed by atoms with Gasteiger partial charge in [0.05, 0.1) is 0 Å². The second-order valence-corrected chi connectivity index (χ2v) is 3.57. The molecule has 0 saturated heterocycles. The summed E-state index contributed by atoms with van der Waals surface area (Å²) in [4.78, 5) is 14.8. The van der Waals surface area contributed by atoms with E-state index in [9.17, 15) is 4.79 Å². The maximum absolute atomic E-state index is 10.9. The minimum atomic E-state index is -0.0584. The third kappa shape index (κ3) is 2.13. The number of hydrogen-bond acceptors (Lipinski definition) is 2. The van der Waals surface area contributed by atoms with Crippen LogP contribution in [0.4, 0.5) is 0 Å². The van der Waals surface area contributed by atoms with Gasteiger partial charge >= 0.3 is 0 Å². The van der Waals surface area contributed by atoms with Gasteiger partial charge in [0.25, 0.3) is 0 Å². The molecule has 0 unspecified atom stereocenters. The molecule has 4 heteroatoms. The molecular formula is C7H5ClINO. The zero-order chi connectivity index (χ0) is 8.43. The van der Waals surface area contributed by atoms with Gasteiger partial charge < -0.3 is 0 Å². The van der Waals surface area contributed by atoms with Crippen LogP contribution in [0.2, 0.25) is 5.15 Å². The highest BCUT2D eigenvalue weighted by atomic mass is 127. The van der Waals surface area contributed by atoms with E-state index in [0.717, 1.165) is 3.57 Å². The number of hydrogen-bond donors (Lipinski definition) is 0. The molecule has 11 heavy (non-hydrogen) atoms. The first kappa shape index (κ1) is 8.93. The summed E-state index contributed by atoms with van der Waals surface area (Å²) in [6.45, 7) is 1.47. The highest BCUT2D eigenvalue weighted by Gasteiger charge is 2.06. The van der Waals surface area contributed by atoms with E-state index in [1.807, 2.05) is 0 Å². The standard InChI is InChI=1S/C7H5ClINO/c1-4(11)7-5(9)2-3-6(8)10-7/h2-3H,1H3. The van der Waals surface area contributed by atoms with Gasteiger partial charge in [-0.15, -0.1) is 0 Å². The highest BCUT2D eigenvalue weighted by Crippen LogP contribution is 2.13. The van der Waals surface area contributed by atoms with Crippen molar-refractivity contribution < 1.29 is 4.79 Å². The van der Waals surface area contributed by atoms with Crippen LogP contribution in [0.3, 0.4) is 0 Å². The van der Waals surface area contributed by atoms with E-state index in [2.05, 4.69) is 27.6 Å². The molecule has 0 fully saturated rings. The molecular weight excluding hydrogens is 276 g/mol. The van der Waals surface area contributed by atoms with Gasteiger partial charge in [-0.2, -0.15) is 0 Å². The second-order valence-electron chi connectivity index (χ2n) is 2.02. The molecule has 0 saturated carbocycles. The summed E-state index contributed by atoms with van der Waals surface area (Å²) in [6, 6.07) is 3.43. The average molecular weight is 281 g/mol. The zero-order valence-corrected chi connectivity index (χ0v) is 8.68. The Bertz CT molecular complexity index is 300. The molecule has 0 atom stereocenters. The molecule has 0 aliphatic carbocycles. The minimum absolute atomic E-state index is 0.0584. The van der Waals surface area contributed by atoms with Crippen LogP contribution in [0.1, 0.15) is 17.4 Å². The predicted molar refractivity (Wildman–Crippen MR) is 52.0 cm³/mol. The predicted octanol–water partition coefficient (Wildman–Crippen LogP) is 2.54. The lowest BCUT2D eigenvalue weighted by atomic mass is 10.3. The fourth-order valence-electron chi connectivity index (χ4n) is 0.665. The molecule has 0 aromatic carbocycles. The van der Waals surface area contributed by atoms with Crippen LogP contribution in [0, 0.1) is 3.57 Å². The Labute approximate surface area is 83.1 Å². The van der Waals surface area contributed by atoms with Gasteiger partial charge in [-0.3, -0.25) is 4.79 Å². The Morgan fingerprint density at radius 3 is 2.73 bits per heavy atom. The first-order valence-electron chi connectivity index (χ1n) is 2.94. The summed E-state index contributed by atoms with van der Waals surface area (Å²) in [7, 11) is 0. The summed E-state index contributed by atoms with van der Waals surface area (Å²) in [5.74, 6) is -0.0584. The van der Waals surface area contributed by atoms with Crippen molar-refractivity contribution in [2.45, 2.75) is 6.92 Å². The number of ketones is 1. The largest absolute Gasteiger partial charge is 0.293 e. The second kappa shape index (κ2) is 3.49. The molecule has 1 aromatic heterocycles. The average Bonchev–Trinajstić information content (AvgIpc) is 1.94. The SMILES string of the molecule is CC(=O)c1nc(Cl)ccc1I. The van der Waals surface area contributed by atoms with Crippen molar-refractivity contribution in [2.75, 3.05) is 0 Å². The molecule has 0 radical (unpaired) electrons. The first-order chi connectivity index (χ1) is 5.11. The van der Waals surface area contributed by atoms with E-state index >= 15 is 0 Å². The quantitative estimate of drug-likeness (QED) is 0.450. The normalized spacial score (nSPS) is 9.73. The number of carbonyl (C=O) groups excluding carboxylic acids is 1. The van der Waals surface area contributed by atoms with E-state index in [4.69, 9.17) is 11.6 Å². The van der Waals surface area contributed by atoms with Gasteiger partial charge in [0.2, 0.25) is 0 Å². The maximum Gasteiger partial charge on any atom is 0.179 e. The van der Waals surface area contributed by atoms with E-state index in [1.54, 1.807) is 12.1 Å². The summed E-state index contributed by atoms with van der Waals surface area (Å²) >= 11 is 7.64. The molecule has 58 valence electrons. The number of rotatable bonds is 1. The van der Waals surface area contributed by atoms with Crippen LogP contribution in [-0.4, -0.2) is 10.8 Å². The van der Waals surface area contributed by atoms with Gasteiger partial charge in [0, 0.05) is 10.5 Å².